The predicted octanol–water partition coefficient (Wildman–Crippen LogP) is 3.27. The van der Waals surface area contributed by atoms with Gasteiger partial charge >= 0.3 is 0 Å². The maximum atomic E-state index is 12.9. The Labute approximate surface area is 151 Å². The molecule has 2 heterocycles. The van der Waals surface area contributed by atoms with Gasteiger partial charge in [-0.05, 0) is 44.9 Å². The molecule has 6 nitrogen and oxygen atoms in total. The number of anilines is 1. The second-order valence-electron chi connectivity index (χ2n) is 6.24. The van der Waals surface area contributed by atoms with Gasteiger partial charge in [-0.25, -0.2) is 13.4 Å². The van der Waals surface area contributed by atoms with Crippen LogP contribution in [0.25, 0.3) is 0 Å². The molecule has 8 heteroatoms. The van der Waals surface area contributed by atoms with Crippen LogP contribution in [0.5, 0.6) is 0 Å². The Morgan fingerprint density at radius 2 is 2.16 bits per heavy atom. The minimum atomic E-state index is -3.60. The van der Waals surface area contributed by atoms with Gasteiger partial charge < -0.3 is 0 Å². The number of nitrogens with zero attached hydrogens (tertiary/aromatic N) is 2. The lowest BCUT2D eigenvalue weighted by Gasteiger charge is -2.32. The van der Waals surface area contributed by atoms with Crippen molar-refractivity contribution in [3.8, 4) is 0 Å². The van der Waals surface area contributed by atoms with E-state index in [-0.39, 0.29) is 16.8 Å². The second-order valence-corrected chi connectivity index (χ2v) is 8.99. The number of benzene rings is 1. The zero-order chi connectivity index (χ0) is 18.0. The highest BCUT2D eigenvalue weighted by atomic mass is 32.2. The molecule has 134 valence electrons. The van der Waals surface area contributed by atoms with Gasteiger partial charge in [0.2, 0.25) is 10.0 Å². The molecule has 1 fully saturated rings. The number of thiazole rings is 1. The molecule has 1 unspecified atom stereocenters. The first-order chi connectivity index (χ1) is 11.9. The zero-order valence-electron chi connectivity index (χ0n) is 14.2. The molecule has 1 aromatic heterocycles. The van der Waals surface area contributed by atoms with E-state index in [4.69, 9.17) is 0 Å². The van der Waals surface area contributed by atoms with E-state index in [1.807, 2.05) is 19.2 Å². The summed E-state index contributed by atoms with van der Waals surface area (Å²) in [5.74, 6) is -0.363. The SMILES string of the molecule is Cc1csc(NC(=O)c2cccc(S(=O)(=O)N3CCCCC3C)c2)n1. The molecule has 0 radical (unpaired) electrons. The summed E-state index contributed by atoms with van der Waals surface area (Å²) in [5.41, 5.74) is 1.13. The lowest BCUT2D eigenvalue weighted by Crippen LogP contribution is -2.41. The van der Waals surface area contributed by atoms with E-state index in [0.29, 0.717) is 17.2 Å². The minimum Gasteiger partial charge on any atom is -0.298 e. The third-order valence-corrected chi connectivity index (χ3v) is 7.17. The molecular formula is C17H21N3O3S2. The maximum Gasteiger partial charge on any atom is 0.257 e. The van der Waals surface area contributed by atoms with Crippen LogP contribution < -0.4 is 5.32 Å². The number of aromatic nitrogens is 1. The lowest BCUT2D eigenvalue weighted by molar-refractivity contribution is 0.102. The fourth-order valence-corrected chi connectivity index (χ4v) is 5.37. The van der Waals surface area contributed by atoms with Crippen molar-refractivity contribution in [3.63, 3.8) is 0 Å². The highest BCUT2D eigenvalue weighted by Crippen LogP contribution is 2.26. The molecule has 1 aliphatic rings. The number of amides is 1. The first-order valence-electron chi connectivity index (χ1n) is 8.23. The van der Waals surface area contributed by atoms with Crippen LogP contribution in [-0.2, 0) is 10.0 Å². The van der Waals surface area contributed by atoms with Gasteiger partial charge in [0.05, 0.1) is 10.6 Å². The van der Waals surface area contributed by atoms with Gasteiger partial charge in [0.25, 0.3) is 5.91 Å². The Morgan fingerprint density at radius 1 is 1.36 bits per heavy atom. The first-order valence-corrected chi connectivity index (χ1v) is 10.6. The highest BCUT2D eigenvalue weighted by Gasteiger charge is 2.31. The molecule has 25 heavy (non-hydrogen) atoms. The van der Waals surface area contributed by atoms with E-state index < -0.39 is 10.0 Å². The molecule has 1 aromatic carbocycles. The Hall–Kier alpha value is -1.77. The van der Waals surface area contributed by atoms with Crippen molar-refractivity contribution in [2.45, 2.75) is 44.0 Å². The van der Waals surface area contributed by atoms with Gasteiger partial charge in [-0.3, -0.25) is 10.1 Å². The summed E-state index contributed by atoms with van der Waals surface area (Å²) in [5, 5.41) is 5.05. The average Bonchev–Trinajstić information content (AvgIpc) is 3.00. The van der Waals surface area contributed by atoms with Gasteiger partial charge in [-0.2, -0.15) is 4.31 Å². The molecule has 3 rings (SSSR count). The number of carbonyl (C=O) groups excluding carboxylic acids is 1. The molecule has 0 saturated carbocycles. The quantitative estimate of drug-likeness (QED) is 0.884. The van der Waals surface area contributed by atoms with Crippen molar-refractivity contribution < 1.29 is 13.2 Å². The van der Waals surface area contributed by atoms with Crippen molar-refractivity contribution in [1.29, 1.82) is 0 Å². The zero-order valence-corrected chi connectivity index (χ0v) is 15.9. The molecular weight excluding hydrogens is 358 g/mol. The smallest absolute Gasteiger partial charge is 0.257 e. The third-order valence-electron chi connectivity index (χ3n) is 4.28. The van der Waals surface area contributed by atoms with Crippen LogP contribution in [0.4, 0.5) is 5.13 Å². The Bertz CT molecular complexity index is 877. The number of carbonyl (C=O) groups is 1. The Morgan fingerprint density at radius 3 is 2.84 bits per heavy atom. The monoisotopic (exact) mass is 379 g/mol. The number of hydrogen-bond donors (Lipinski definition) is 1. The summed E-state index contributed by atoms with van der Waals surface area (Å²) >= 11 is 1.34. The molecule has 1 saturated heterocycles. The number of piperidine rings is 1. The fourth-order valence-electron chi connectivity index (χ4n) is 2.94. The van der Waals surface area contributed by atoms with Crippen molar-refractivity contribution >= 4 is 32.4 Å². The Balaban J connectivity index is 1.84. The average molecular weight is 380 g/mol. The van der Waals surface area contributed by atoms with E-state index in [0.717, 1.165) is 25.0 Å². The molecule has 2 aromatic rings. The van der Waals surface area contributed by atoms with E-state index >= 15 is 0 Å². The van der Waals surface area contributed by atoms with Crippen molar-refractivity contribution in [1.82, 2.24) is 9.29 Å². The normalized spacial score (nSPS) is 18.9. The number of hydrogen-bond acceptors (Lipinski definition) is 5. The molecule has 1 N–H and O–H groups in total. The van der Waals surface area contributed by atoms with Gasteiger partial charge in [0, 0.05) is 23.5 Å². The van der Waals surface area contributed by atoms with Gasteiger partial charge in [0.1, 0.15) is 0 Å². The summed E-state index contributed by atoms with van der Waals surface area (Å²) in [7, 11) is -3.60. The van der Waals surface area contributed by atoms with Crippen LogP contribution in [-0.4, -0.2) is 36.2 Å². The summed E-state index contributed by atoms with van der Waals surface area (Å²) in [6.45, 7) is 4.30. The van der Waals surface area contributed by atoms with E-state index in [2.05, 4.69) is 10.3 Å². The predicted molar refractivity (Wildman–Crippen MR) is 98.5 cm³/mol. The highest BCUT2D eigenvalue weighted by molar-refractivity contribution is 7.89. The number of aryl methyl sites for hydroxylation is 1. The molecule has 0 bridgehead atoms. The van der Waals surface area contributed by atoms with Crippen LogP contribution in [0.2, 0.25) is 0 Å². The standard InChI is InChI=1S/C17H21N3O3S2/c1-12-11-24-17(18-12)19-16(21)14-7-5-8-15(10-14)25(22,23)20-9-4-3-6-13(20)2/h5,7-8,10-11,13H,3-4,6,9H2,1-2H3,(H,18,19,21). The van der Waals surface area contributed by atoms with Crippen molar-refractivity contribution in [2.24, 2.45) is 0 Å². The van der Waals surface area contributed by atoms with E-state index in [1.165, 1.54) is 21.7 Å². The summed E-state index contributed by atoms with van der Waals surface area (Å²) in [6, 6.07) is 6.17. The number of sulfonamides is 1. The van der Waals surface area contributed by atoms with Crippen molar-refractivity contribution in [3.05, 3.63) is 40.9 Å². The van der Waals surface area contributed by atoms with Crippen molar-refractivity contribution in [2.75, 3.05) is 11.9 Å². The molecule has 1 amide bonds. The third kappa shape index (κ3) is 3.91. The van der Waals surface area contributed by atoms with Crippen LogP contribution in [0.15, 0.2) is 34.5 Å². The van der Waals surface area contributed by atoms with Gasteiger partial charge in [-0.1, -0.05) is 12.5 Å². The van der Waals surface area contributed by atoms with Crippen LogP contribution in [0.3, 0.4) is 0 Å². The molecule has 1 aliphatic heterocycles. The Kier molecular flexibility index (Phi) is 5.21. The number of rotatable bonds is 4. The summed E-state index contributed by atoms with van der Waals surface area (Å²) < 4.78 is 27.4. The molecule has 1 atom stereocenters. The van der Waals surface area contributed by atoms with E-state index in [1.54, 1.807) is 18.2 Å². The topological polar surface area (TPSA) is 79.4 Å². The van der Waals surface area contributed by atoms with Gasteiger partial charge in [0.15, 0.2) is 5.13 Å². The minimum absolute atomic E-state index is 0.0190. The second kappa shape index (κ2) is 7.23. The van der Waals surface area contributed by atoms with Gasteiger partial charge in [-0.15, -0.1) is 11.3 Å². The summed E-state index contributed by atoms with van der Waals surface area (Å²) in [4.78, 5) is 16.7. The first kappa shape index (κ1) is 18.0. The summed E-state index contributed by atoms with van der Waals surface area (Å²) in [6.07, 6.45) is 2.78. The number of nitrogens with one attached hydrogen (secondary N) is 1. The fraction of sp³-hybridized carbons (Fsp3) is 0.412. The molecule has 0 spiro atoms. The molecule has 0 aliphatic carbocycles. The van der Waals surface area contributed by atoms with Crippen LogP contribution in [0, 0.1) is 6.92 Å². The maximum absolute atomic E-state index is 12.9. The lowest BCUT2D eigenvalue weighted by atomic mass is 10.1. The van der Waals surface area contributed by atoms with Crippen LogP contribution >= 0.6 is 11.3 Å². The van der Waals surface area contributed by atoms with Crippen LogP contribution in [0.1, 0.15) is 42.2 Å². The van der Waals surface area contributed by atoms with E-state index in [9.17, 15) is 13.2 Å². The largest absolute Gasteiger partial charge is 0.298 e.